The number of nitrogens with one attached hydrogen (secondary N) is 2. The second kappa shape index (κ2) is 6.02. The van der Waals surface area contributed by atoms with Gasteiger partial charge in [-0.25, -0.2) is 0 Å². The Kier molecular flexibility index (Phi) is 3.94. The molecular formula is C16H21N3. The summed E-state index contributed by atoms with van der Waals surface area (Å²) in [7, 11) is 0. The lowest BCUT2D eigenvalue weighted by molar-refractivity contribution is 0.661. The van der Waals surface area contributed by atoms with E-state index in [1.807, 2.05) is 0 Å². The molecule has 19 heavy (non-hydrogen) atoms. The normalized spacial score (nSPS) is 14.9. The van der Waals surface area contributed by atoms with Crippen molar-refractivity contribution < 1.29 is 0 Å². The van der Waals surface area contributed by atoms with Crippen LogP contribution in [0.1, 0.15) is 41.8 Å². The van der Waals surface area contributed by atoms with Gasteiger partial charge in [0.25, 0.3) is 0 Å². The first-order chi connectivity index (χ1) is 9.43. The molecule has 0 atom stereocenters. The smallest absolute Gasteiger partial charge is 0.0794 e. The average Bonchev–Trinajstić information content (AvgIpc) is 2.69. The minimum atomic E-state index is 0.862. The highest BCUT2D eigenvalue weighted by atomic mass is 15.1. The molecule has 0 unspecified atom stereocenters. The van der Waals surface area contributed by atoms with E-state index in [9.17, 15) is 0 Å². The maximum absolute atomic E-state index is 4.48. The molecule has 0 fully saturated rings. The molecule has 0 saturated heterocycles. The van der Waals surface area contributed by atoms with Gasteiger partial charge < -0.3 is 5.32 Å². The van der Waals surface area contributed by atoms with E-state index < -0.39 is 0 Å². The molecule has 0 bridgehead atoms. The summed E-state index contributed by atoms with van der Waals surface area (Å²) in [6.07, 6.45) is 6.30. The SMILES string of the molecule is c1ccc(CNCc2n[nH]c3c2CCCCC3)cc1. The van der Waals surface area contributed by atoms with Gasteiger partial charge in [-0.05, 0) is 36.8 Å². The fraction of sp³-hybridized carbons (Fsp3) is 0.438. The van der Waals surface area contributed by atoms with Gasteiger partial charge in [-0.2, -0.15) is 5.10 Å². The summed E-state index contributed by atoms with van der Waals surface area (Å²) in [5, 5.41) is 11.2. The highest BCUT2D eigenvalue weighted by Gasteiger charge is 2.14. The Morgan fingerprint density at radius 3 is 2.74 bits per heavy atom. The average molecular weight is 255 g/mol. The molecule has 0 aliphatic heterocycles. The monoisotopic (exact) mass is 255 g/mol. The van der Waals surface area contributed by atoms with Crippen molar-refractivity contribution in [1.82, 2.24) is 15.5 Å². The Balaban J connectivity index is 1.60. The van der Waals surface area contributed by atoms with Gasteiger partial charge in [0.1, 0.15) is 0 Å². The van der Waals surface area contributed by atoms with Crippen LogP contribution in [0.25, 0.3) is 0 Å². The van der Waals surface area contributed by atoms with E-state index in [0.29, 0.717) is 0 Å². The molecule has 1 aromatic heterocycles. The fourth-order valence-electron chi connectivity index (χ4n) is 2.79. The van der Waals surface area contributed by atoms with Gasteiger partial charge in [-0.1, -0.05) is 36.8 Å². The number of rotatable bonds is 4. The van der Waals surface area contributed by atoms with E-state index in [1.165, 1.54) is 54.6 Å². The van der Waals surface area contributed by atoms with Gasteiger partial charge in [0.2, 0.25) is 0 Å². The van der Waals surface area contributed by atoms with Gasteiger partial charge in [-0.15, -0.1) is 0 Å². The van der Waals surface area contributed by atoms with Crippen LogP contribution < -0.4 is 5.32 Å². The first kappa shape index (κ1) is 12.4. The van der Waals surface area contributed by atoms with Crippen LogP contribution in [0.4, 0.5) is 0 Å². The molecule has 1 aliphatic carbocycles. The number of hydrogen-bond donors (Lipinski definition) is 2. The molecule has 3 heteroatoms. The van der Waals surface area contributed by atoms with Crippen molar-refractivity contribution in [2.45, 2.75) is 45.2 Å². The largest absolute Gasteiger partial charge is 0.307 e. The van der Waals surface area contributed by atoms with E-state index in [0.717, 1.165) is 13.1 Å². The van der Waals surface area contributed by atoms with Gasteiger partial charge in [0, 0.05) is 18.8 Å². The Hall–Kier alpha value is -1.61. The van der Waals surface area contributed by atoms with E-state index in [4.69, 9.17) is 0 Å². The first-order valence-corrected chi connectivity index (χ1v) is 7.23. The minimum absolute atomic E-state index is 0.862. The topological polar surface area (TPSA) is 40.7 Å². The van der Waals surface area contributed by atoms with Crippen LogP contribution in [0.2, 0.25) is 0 Å². The molecule has 1 aromatic carbocycles. The quantitative estimate of drug-likeness (QED) is 0.825. The number of benzene rings is 1. The second-order valence-electron chi connectivity index (χ2n) is 5.28. The molecule has 2 aromatic rings. The van der Waals surface area contributed by atoms with Gasteiger partial charge >= 0.3 is 0 Å². The number of aromatic nitrogens is 2. The number of aromatic amines is 1. The van der Waals surface area contributed by atoms with Crippen LogP contribution >= 0.6 is 0 Å². The molecule has 3 rings (SSSR count). The first-order valence-electron chi connectivity index (χ1n) is 7.23. The zero-order valence-corrected chi connectivity index (χ0v) is 11.3. The lowest BCUT2D eigenvalue weighted by Gasteiger charge is -2.05. The summed E-state index contributed by atoms with van der Waals surface area (Å²) in [6.45, 7) is 1.77. The number of H-pyrrole nitrogens is 1. The predicted molar refractivity (Wildman–Crippen MR) is 76.8 cm³/mol. The van der Waals surface area contributed by atoms with E-state index >= 15 is 0 Å². The Labute approximate surface area is 114 Å². The van der Waals surface area contributed by atoms with Crippen LogP contribution in [-0.2, 0) is 25.9 Å². The van der Waals surface area contributed by atoms with Crippen LogP contribution in [0, 0.1) is 0 Å². The minimum Gasteiger partial charge on any atom is -0.307 e. The summed E-state index contributed by atoms with van der Waals surface area (Å²) in [5.74, 6) is 0. The molecule has 0 amide bonds. The molecule has 100 valence electrons. The van der Waals surface area contributed by atoms with Crippen LogP contribution in [0.3, 0.4) is 0 Å². The Morgan fingerprint density at radius 2 is 1.84 bits per heavy atom. The lowest BCUT2D eigenvalue weighted by atomic mass is 10.1. The lowest BCUT2D eigenvalue weighted by Crippen LogP contribution is -2.14. The molecular weight excluding hydrogens is 234 g/mol. The van der Waals surface area contributed by atoms with E-state index in [2.05, 4.69) is 45.8 Å². The second-order valence-corrected chi connectivity index (χ2v) is 5.28. The van der Waals surface area contributed by atoms with Crippen molar-refractivity contribution in [3.05, 3.63) is 52.8 Å². The zero-order valence-electron chi connectivity index (χ0n) is 11.3. The third kappa shape index (κ3) is 3.04. The summed E-state index contributed by atoms with van der Waals surface area (Å²) in [4.78, 5) is 0. The maximum atomic E-state index is 4.48. The molecule has 2 N–H and O–H groups in total. The van der Waals surface area contributed by atoms with Crippen LogP contribution in [-0.4, -0.2) is 10.2 Å². The van der Waals surface area contributed by atoms with Crippen molar-refractivity contribution in [3.63, 3.8) is 0 Å². The number of nitrogens with zero attached hydrogens (tertiary/aromatic N) is 1. The summed E-state index contributed by atoms with van der Waals surface area (Å²) < 4.78 is 0. The zero-order chi connectivity index (χ0) is 12.9. The highest BCUT2D eigenvalue weighted by Crippen LogP contribution is 2.21. The number of aryl methyl sites for hydroxylation is 1. The molecule has 0 spiro atoms. The van der Waals surface area contributed by atoms with Crippen molar-refractivity contribution in [3.8, 4) is 0 Å². The molecule has 3 nitrogen and oxygen atoms in total. The maximum Gasteiger partial charge on any atom is 0.0794 e. The third-order valence-corrected chi connectivity index (χ3v) is 3.86. The molecule has 1 aliphatic rings. The summed E-state index contributed by atoms with van der Waals surface area (Å²) >= 11 is 0. The fourth-order valence-corrected chi connectivity index (χ4v) is 2.79. The van der Waals surface area contributed by atoms with Crippen molar-refractivity contribution in [1.29, 1.82) is 0 Å². The number of hydrogen-bond acceptors (Lipinski definition) is 2. The molecule has 1 heterocycles. The van der Waals surface area contributed by atoms with Crippen LogP contribution in [0.5, 0.6) is 0 Å². The van der Waals surface area contributed by atoms with Gasteiger partial charge in [-0.3, -0.25) is 5.10 Å². The van der Waals surface area contributed by atoms with Gasteiger partial charge in [0.05, 0.1) is 5.69 Å². The van der Waals surface area contributed by atoms with Crippen molar-refractivity contribution in [2.75, 3.05) is 0 Å². The van der Waals surface area contributed by atoms with Crippen molar-refractivity contribution >= 4 is 0 Å². The summed E-state index contributed by atoms with van der Waals surface area (Å²) in [5.41, 5.74) is 5.38. The number of fused-ring (bicyclic) bond motifs is 1. The predicted octanol–water partition coefficient (Wildman–Crippen LogP) is 2.97. The van der Waals surface area contributed by atoms with E-state index in [1.54, 1.807) is 0 Å². The van der Waals surface area contributed by atoms with Crippen molar-refractivity contribution in [2.24, 2.45) is 0 Å². The molecule has 0 saturated carbocycles. The molecule has 0 radical (unpaired) electrons. The Morgan fingerprint density at radius 1 is 1.00 bits per heavy atom. The highest BCUT2D eigenvalue weighted by molar-refractivity contribution is 5.26. The standard InChI is InChI=1S/C16H21N3/c1-3-7-13(8-4-1)11-17-12-16-14-9-5-2-6-10-15(14)18-19-16/h1,3-4,7-8,17H,2,5-6,9-12H2,(H,18,19). The third-order valence-electron chi connectivity index (χ3n) is 3.86. The van der Waals surface area contributed by atoms with Gasteiger partial charge in [0.15, 0.2) is 0 Å². The van der Waals surface area contributed by atoms with Crippen LogP contribution in [0.15, 0.2) is 30.3 Å². The summed E-state index contributed by atoms with van der Waals surface area (Å²) in [6, 6.07) is 10.5. The van der Waals surface area contributed by atoms with E-state index in [-0.39, 0.29) is 0 Å². The Bertz CT molecular complexity index is 516.